The molecule has 0 aliphatic rings. The number of benzene rings is 2. The molecule has 0 bridgehead atoms. The topological polar surface area (TPSA) is 55.1 Å². The summed E-state index contributed by atoms with van der Waals surface area (Å²) in [5, 5.41) is 3.27. The first-order valence-corrected chi connectivity index (χ1v) is 6.38. The second-order valence-corrected chi connectivity index (χ2v) is 4.72. The smallest absolute Gasteiger partial charge is 0.257 e. The fraction of sp³-hybridized carbons (Fsp3) is 0.133. The Morgan fingerprint density at radius 2 is 1.79 bits per heavy atom. The molecule has 0 radical (unpaired) electrons. The molecule has 0 saturated heterocycles. The zero-order chi connectivity index (χ0) is 13.8. The Labute approximate surface area is 117 Å². The van der Waals surface area contributed by atoms with Crippen LogP contribution in [0.25, 0.3) is 0 Å². The van der Waals surface area contributed by atoms with Crippen molar-refractivity contribution in [3.8, 4) is 0 Å². The first kappa shape index (κ1) is 13.6. The van der Waals surface area contributed by atoms with Crippen LogP contribution in [0, 0.1) is 0 Å². The predicted molar refractivity (Wildman–Crippen MR) is 78.4 cm³/mol. The highest BCUT2D eigenvalue weighted by Gasteiger charge is 2.12. The van der Waals surface area contributed by atoms with Gasteiger partial charge in [-0.1, -0.05) is 41.9 Å². The minimum atomic E-state index is -0.237. The summed E-state index contributed by atoms with van der Waals surface area (Å²) in [5.74, 6) is -0.237. The monoisotopic (exact) mass is 274 g/mol. The number of hydrogen-bond donors (Lipinski definition) is 2. The molecule has 1 atom stereocenters. The van der Waals surface area contributed by atoms with Gasteiger partial charge < -0.3 is 11.1 Å². The van der Waals surface area contributed by atoms with Crippen LogP contribution in [-0.4, -0.2) is 5.91 Å². The lowest BCUT2D eigenvalue weighted by Gasteiger charge is -2.14. The van der Waals surface area contributed by atoms with Crippen LogP contribution in [0.15, 0.2) is 48.5 Å². The summed E-state index contributed by atoms with van der Waals surface area (Å²) in [5.41, 5.74) is 7.93. The number of carbonyl (C=O) groups excluding carboxylic acids is 1. The van der Waals surface area contributed by atoms with Gasteiger partial charge in [-0.25, -0.2) is 0 Å². The summed E-state index contributed by atoms with van der Waals surface area (Å²) in [6.07, 6.45) is 0. The Kier molecular flexibility index (Phi) is 4.20. The lowest BCUT2D eigenvalue weighted by molar-refractivity contribution is 0.102. The van der Waals surface area contributed by atoms with E-state index in [1.54, 1.807) is 24.3 Å². The van der Waals surface area contributed by atoms with E-state index in [2.05, 4.69) is 5.32 Å². The quantitative estimate of drug-likeness (QED) is 0.898. The molecule has 0 aliphatic heterocycles. The first-order valence-electron chi connectivity index (χ1n) is 6.00. The van der Waals surface area contributed by atoms with Crippen LogP contribution in [0.4, 0.5) is 5.69 Å². The molecule has 0 aromatic heterocycles. The number of nitrogens with two attached hydrogens (primary N) is 1. The second-order valence-electron chi connectivity index (χ2n) is 4.31. The van der Waals surface area contributed by atoms with Crippen molar-refractivity contribution in [3.05, 3.63) is 64.7 Å². The third-order valence-corrected chi connectivity index (χ3v) is 3.15. The maximum atomic E-state index is 12.2. The van der Waals surface area contributed by atoms with Gasteiger partial charge in [-0.05, 0) is 30.7 Å². The molecular weight excluding hydrogens is 260 g/mol. The van der Waals surface area contributed by atoms with Gasteiger partial charge in [0.2, 0.25) is 0 Å². The summed E-state index contributed by atoms with van der Waals surface area (Å²) in [6, 6.07) is 14.3. The minimum absolute atomic E-state index is 0.150. The molecule has 2 rings (SSSR count). The van der Waals surface area contributed by atoms with Crippen molar-refractivity contribution in [1.29, 1.82) is 0 Å². The Bertz CT molecular complexity index is 596. The highest BCUT2D eigenvalue weighted by molar-refractivity contribution is 6.34. The number of rotatable bonds is 3. The molecule has 19 heavy (non-hydrogen) atoms. The van der Waals surface area contributed by atoms with Crippen molar-refractivity contribution in [2.45, 2.75) is 13.0 Å². The highest BCUT2D eigenvalue weighted by atomic mass is 35.5. The van der Waals surface area contributed by atoms with Gasteiger partial charge >= 0.3 is 0 Å². The average molecular weight is 275 g/mol. The molecule has 4 heteroatoms. The van der Waals surface area contributed by atoms with Gasteiger partial charge in [0.05, 0.1) is 10.6 Å². The van der Waals surface area contributed by atoms with Crippen LogP contribution in [-0.2, 0) is 0 Å². The van der Waals surface area contributed by atoms with Crippen LogP contribution >= 0.6 is 11.6 Å². The van der Waals surface area contributed by atoms with E-state index in [0.29, 0.717) is 16.3 Å². The number of nitrogens with one attached hydrogen (secondary N) is 1. The summed E-state index contributed by atoms with van der Waals surface area (Å²) >= 11 is 6.00. The molecular formula is C15H15ClN2O. The van der Waals surface area contributed by atoms with Gasteiger partial charge in [0.15, 0.2) is 0 Å². The van der Waals surface area contributed by atoms with E-state index in [9.17, 15) is 4.79 Å². The van der Waals surface area contributed by atoms with E-state index >= 15 is 0 Å². The van der Waals surface area contributed by atoms with Gasteiger partial charge in [-0.15, -0.1) is 0 Å². The normalized spacial score (nSPS) is 11.9. The molecule has 98 valence electrons. The number of amides is 1. The average Bonchev–Trinajstić information content (AvgIpc) is 2.39. The maximum absolute atomic E-state index is 12.2. The van der Waals surface area contributed by atoms with Crippen molar-refractivity contribution in [3.63, 3.8) is 0 Å². The largest absolute Gasteiger partial charge is 0.324 e. The molecule has 3 nitrogen and oxygen atoms in total. The zero-order valence-electron chi connectivity index (χ0n) is 10.6. The summed E-state index contributed by atoms with van der Waals surface area (Å²) in [6.45, 7) is 1.88. The Morgan fingerprint density at radius 1 is 1.16 bits per heavy atom. The van der Waals surface area contributed by atoms with E-state index in [4.69, 9.17) is 17.3 Å². The van der Waals surface area contributed by atoms with Crippen molar-refractivity contribution >= 4 is 23.2 Å². The van der Waals surface area contributed by atoms with Gasteiger partial charge in [-0.3, -0.25) is 4.79 Å². The fourth-order valence-corrected chi connectivity index (χ4v) is 2.06. The van der Waals surface area contributed by atoms with Crippen LogP contribution < -0.4 is 11.1 Å². The molecule has 2 aromatic carbocycles. The van der Waals surface area contributed by atoms with Gasteiger partial charge in [0.25, 0.3) is 5.91 Å². The Balaban J connectivity index is 2.27. The van der Waals surface area contributed by atoms with E-state index in [1.807, 2.05) is 31.2 Å². The molecule has 0 heterocycles. The van der Waals surface area contributed by atoms with Crippen molar-refractivity contribution in [2.24, 2.45) is 5.73 Å². The summed E-state index contributed by atoms with van der Waals surface area (Å²) in [7, 11) is 0. The number of hydrogen-bond acceptors (Lipinski definition) is 2. The fourth-order valence-electron chi connectivity index (χ4n) is 1.84. The molecule has 0 aliphatic carbocycles. The summed E-state index contributed by atoms with van der Waals surface area (Å²) in [4.78, 5) is 12.2. The van der Waals surface area contributed by atoms with Crippen LogP contribution in [0.3, 0.4) is 0 Å². The predicted octanol–water partition coefficient (Wildman–Crippen LogP) is 3.61. The van der Waals surface area contributed by atoms with Gasteiger partial charge in [0.1, 0.15) is 0 Å². The standard InChI is InChI=1S/C15H15ClN2O/c1-10(17)11-6-3-5-9-14(11)18-15(19)12-7-2-4-8-13(12)16/h2-10H,17H2,1H3,(H,18,19). The number of halogens is 1. The van der Waals surface area contributed by atoms with Gasteiger partial charge in [-0.2, -0.15) is 0 Å². The van der Waals surface area contributed by atoms with Crippen LogP contribution in [0.1, 0.15) is 28.9 Å². The van der Waals surface area contributed by atoms with Crippen molar-refractivity contribution < 1.29 is 4.79 Å². The van der Waals surface area contributed by atoms with E-state index in [-0.39, 0.29) is 11.9 Å². The number of anilines is 1. The van der Waals surface area contributed by atoms with E-state index in [1.165, 1.54) is 0 Å². The maximum Gasteiger partial charge on any atom is 0.257 e. The summed E-state index contributed by atoms with van der Waals surface area (Å²) < 4.78 is 0. The SMILES string of the molecule is CC(N)c1ccccc1NC(=O)c1ccccc1Cl. The lowest BCUT2D eigenvalue weighted by atomic mass is 10.1. The molecule has 2 aromatic rings. The molecule has 0 saturated carbocycles. The first-order chi connectivity index (χ1) is 9.09. The number of carbonyl (C=O) groups is 1. The highest BCUT2D eigenvalue weighted by Crippen LogP contribution is 2.23. The second kappa shape index (κ2) is 5.87. The molecule has 1 unspecified atom stereocenters. The van der Waals surface area contributed by atoms with Crippen molar-refractivity contribution in [2.75, 3.05) is 5.32 Å². The Hall–Kier alpha value is -1.84. The Morgan fingerprint density at radius 3 is 2.47 bits per heavy atom. The van der Waals surface area contributed by atoms with E-state index in [0.717, 1.165) is 5.56 Å². The third-order valence-electron chi connectivity index (χ3n) is 2.82. The van der Waals surface area contributed by atoms with Crippen LogP contribution in [0.5, 0.6) is 0 Å². The molecule has 1 amide bonds. The zero-order valence-corrected chi connectivity index (χ0v) is 11.3. The minimum Gasteiger partial charge on any atom is -0.324 e. The van der Waals surface area contributed by atoms with Gasteiger partial charge in [0, 0.05) is 11.7 Å². The molecule has 3 N–H and O–H groups in total. The van der Waals surface area contributed by atoms with Crippen LogP contribution in [0.2, 0.25) is 5.02 Å². The molecule has 0 fully saturated rings. The lowest BCUT2D eigenvalue weighted by Crippen LogP contribution is -2.16. The third kappa shape index (κ3) is 3.13. The van der Waals surface area contributed by atoms with Crippen molar-refractivity contribution in [1.82, 2.24) is 0 Å². The molecule has 0 spiro atoms. The number of para-hydroxylation sites is 1. The van der Waals surface area contributed by atoms with E-state index < -0.39 is 0 Å².